The van der Waals surface area contributed by atoms with Crippen molar-refractivity contribution in [3.63, 3.8) is 0 Å². The summed E-state index contributed by atoms with van der Waals surface area (Å²) in [6, 6.07) is 17.1. The molecule has 0 saturated heterocycles. The van der Waals surface area contributed by atoms with E-state index in [0.717, 1.165) is 17.7 Å². The lowest BCUT2D eigenvalue weighted by Gasteiger charge is -2.41. The van der Waals surface area contributed by atoms with Crippen LogP contribution in [0.1, 0.15) is 12.0 Å². The molecule has 0 heterocycles. The van der Waals surface area contributed by atoms with E-state index in [9.17, 15) is 14.7 Å². The zero-order valence-electron chi connectivity index (χ0n) is 15.9. The van der Waals surface area contributed by atoms with Crippen molar-refractivity contribution in [1.82, 2.24) is 0 Å². The highest BCUT2D eigenvalue weighted by Gasteiger charge is 2.62. The Morgan fingerprint density at radius 2 is 1.59 bits per heavy atom. The Morgan fingerprint density at radius 3 is 2.24 bits per heavy atom. The van der Waals surface area contributed by atoms with Crippen LogP contribution in [0.2, 0.25) is 0 Å². The van der Waals surface area contributed by atoms with Crippen molar-refractivity contribution >= 4 is 17.6 Å². The number of aliphatic carboxylic acids is 1. The molecule has 6 rings (SSSR count). The molecule has 0 radical (unpaired) electrons. The lowest BCUT2D eigenvalue weighted by atomic mass is 9.62. The van der Waals surface area contributed by atoms with Crippen molar-refractivity contribution in [3.8, 4) is 5.75 Å². The fraction of sp³-hybridized carbons (Fsp3) is 0.333. The number of carbonyl (C=O) groups excluding carboxylic acids is 1. The topological polar surface area (TPSA) is 75.6 Å². The number of carboxylic acids is 1. The number of benzene rings is 2. The Bertz CT molecular complexity index is 953. The van der Waals surface area contributed by atoms with E-state index >= 15 is 0 Å². The molecular formula is C24H23NO4. The van der Waals surface area contributed by atoms with Gasteiger partial charge in [0.1, 0.15) is 12.4 Å². The number of anilines is 1. The van der Waals surface area contributed by atoms with Crippen LogP contribution in [0.5, 0.6) is 5.75 Å². The number of hydrogen-bond donors (Lipinski definition) is 2. The number of allylic oxidation sites excluding steroid dienone is 2. The van der Waals surface area contributed by atoms with Crippen LogP contribution in [0, 0.1) is 35.5 Å². The van der Waals surface area contributed by atoms with Gasteiger partial charge in [0.15, 0.2) is 0 Å². The molecule has 29 heavy (non-hydrogen) atoms. The number of carboxylic acid groups (broad SMARTS) is 1. The molecule has 5 nitrogen and oxygen atoms in total. The maximum atomic E-state index is 13.0. The Hall–Kier alpha value is -3.08. The number of rotatable bonds is 6. The second-order valence-corrected chi connectivity index (χ2v) is 8.28. The first-order valence-electron chi connectivity index (χ1n) is 10.1. The van der Waals surface area contributed by atoms with Gasteiger partial charge in [-0.1, -0.05) is 42.5 Å². The highest BCUT2D eigenvalue weighted by Crippen LogP contribution is 2.63. The molecule has 2 saturated carbocycles. The minimum atomic E-state index is -0.862. The quantitative estimate of drug-likeness (QED) is 0.733. The van der Waals surface area contributed by atoms with Crippen LogP contribution < -0.4 is 10.1 Å². The van der Waals surface area contributed by atoms with Gasteiger partial charge >= 0.3 is 5.97 Å². The molecular weight excluding hydrogens is 366 g/mol. The number of fused-ring (bicyclic) bond motifs is 1. The Morgan fingerprint density at radius 1 is 0.931 bits per heavy atom. The lowest BCUT2D eigenvalue weighted by Crippen LogP contribution is -2.48. The Balaban J connectivity index is 1.25. The van der Waals surface area contributed by atoms with Crippen molar-refractivity contribution in [2.75, 3.05) is 5.32 Å². The van der Waals surface area contributed by atoms with Crippen LogP contribution in [0.25, 0.3) is 0 Å². The molecule has 0 spiro atoms. The molecule has 2 aromatic rings. The minimum absolute atomic E-state index is 0.00740. The molecule has 2 fully saturated rings. The molecule has 4 aliphatic rings. The second-order valence-electron chi connectivity index (χ2n) is 8.28. The normalized spacial score (nSPS) is 31.0. The summed E-state index contributed by atoms with van der Waals surface area (Å²) in [6.07, 6.45) is 5.15. The molecule has 2 aromatic carbocycles. The highest BCUT2D eigenvalue weighted by atomic mass is 16.5. The number of nitrogens with one attached hydrogen (secondary N) is 1. The van der Waals surface area contributed by atoms with E-state index in [4.69, 9.17) is 4.74 Å². The van der Waals surface area contributed by atoms with Gasteiger partial charge in [0.05, 0.1) is 11.8 Å². The van der Waals surface area contributed by atoms with Gasteiger partial charge in [-0.15, -0.1) is 0 Å². The fourth-order valence-electron chi connectivity index (χ4n) is 5.17. The summed E-state index contributed by atoms with van der Waals surface area (Å²) < 4.78 is 5.78. The molecule has 0 aromatic heterocycles. The molecule has 2 N–H and O–H groups in total. The summed E-state index contributed by atoms with van der Waals surface area (Å²) >= 11 is 0. The number of carbonyl (C=O) groups is 2. The molecule has 148 valence electrons. The summed E-state index contributed by atoms with van der Waals surface area (Å²) in [5.41, 5.74) is 1.74. The third kappa shape index (κ3) is 3.31. The van der Waals surface area contributed by atoms with E-state index in [1.54, 1.807) is 12.1 Å². The predicted octanol–water partition coefficient (Wildman–Crippen LogP) is 3.97. The summed E-state index contributed by atoms with van der Waals surface area (Å²) in [6.45, 7) is 0.479. The molecule has 0 unspecified atom stereocenters. The summed E-state index contributed by atoms with van der Waals surface area (Å²) in [5, 5.41) is 12.7. The van der Waals surface area contributed by atoms with E-state index in [1.807, 2.05) is 48.5 Å². The van der Waals surface area contributed by atoms with Gasteiger partial charge in [-0.25, -0.2) is 0 Å². The SMILES string of the molecule is O=C(O)[C@@H]1[C@H]2C=C[C@@H]([C@@H]3C[C@@H]23)[C@@H]1C(=O)Nc1ccc(OCc2ccccc2)cc1. The summed E-state index contributed by atoms with van der Waals surface area (Å²) in [5.74, 6) is -0.495. The zero-order chi connectivity index (χ0) is 20.0. The highest BCUT2D eigenvalue weighted by molar-refractivity contribution is 5.96. The van der Waals surface area contributed by atoms with Crippen LogP contribution in [0.3, 0.4) is 0 Å². The van der Waals surface area contributed by atoms with Crippen LogP contribution >= 0.6 is 0 Å². The van der Waals surface area contributed by atoms with Crippen LogP contribution in [-0.2, 0) is 16.2 Å². The lowest BCUT2D eigenvalue weighted by molar-refractivity contribution is -0.152. The van der Waals surface area contributed by atoms with Crippen molar-refractivity contribution in [3.05, 3.63) is 72.3 Å². The van der Waals surface area contributed by atoms with E-state index in [0.29, 0.717) is 24.1 Å². The third-order valence-electron chi connectivity index (χ3n) is 6.61. The zero-order valence-corrected chi connectivity index (χ0v) is 15.9. The van der Waals surface area contributed by atoms with Crippen LogP contribution in [0.4, 0.5) is 5.69 Å². The molecule has 2 bridgehead atoms. The maximum absolute atomic E-state index is 13.0. The maximum Gasteiger partial charge on any atom is 0.307 e. The molecule has 5 heteroatoms. The second kappa shape index (κ2) is 7.07. The van der Waals surface area contributed by atoms with E-state index in [1.165, 1.54) is 0 Å². The number of ether oxygens (including phenoxy) is 1. The smallest absolute Gasteiger partial charge is 0.307 e. The van der Waals surface area contributed by atoms with Crippen molar-refractivity contribution in [2.24, 2.45) is 35.5 Å². The van der Waals surface area contributed by atoms with E-state index in [2.05, 4.69) is 11.4 Å². The first kappa shape index (κ1) is 18.0. The van der Waals surface area contributed by atoms with Gasteiger partial charge in [-0.05, 0) is 59.9 Å². The van der Waals surface area contributed by atoms with Gasteiger partial charge in [0.25, 0.3) is 0 Å². The van der Waals surface area contributed by atoms with Gasteiger partial charge in [0, 0.05) is 5.69 Å². The average Bonchev–Trinajstić information content (AvgIpc) is 3.56. The van der Waals surface area contributed by atoms with Gasteiger partial charge in [0.2, 0.25) is 5.91 Å². The van der Waals surface area contributed by atoms with Crippen LogP contribution in [0.15, 0.2) is 66.7 Å². The summed E-state index contributed by atoms with van der Waals surface area (Å²) in [7, 11) is 0. The third-order valence-corrected chi connectivity index (χ3v) is 6.61. The first-order chi connectivity index (χ1) is 14.1. The average molecular weight is 389 g/mol. The molecule has 0 aliphatic heterocycles. The number of hydrogen-bond acceptors (Lipinski definition) is 3. The van der Waals surface area contributed by atoms with Crippen LogP contribution in [-0.4, -0.2) is 17.0 Å². The van der Waals surface area contributed by atoms with Crippen molar-refractivity contribution in [2.45, 2.75) is 13.0 Å². The first-order valence-corrected chi connectivity index (χ1v) is 10.1. The van der Waals surface area contributed by atoms with E-state index < -0.39 is 17.8 Å². The van der Waals surface area contributed by atoms with Gasteiger partial charge in [-0.3, -0.25) is 9.59 Å². The monoisotopic (exact) mass is 389 g/mol. The van der Waals surface area contributed by atoms with Gasteiger partial charge in [-0.2, -0.15) is 0 Å². The molecule has 4 aliphatic carbocycles. The predicted molar refractivity (Wildman–Crippen MR) is 108 cm³/mol. The summed E-state index contributed by atoms with van der Waals surface area (Å²) in [4.78, 5) is 24.9. The Labute approximate surface area is 169 Å². The Kier molecular flexibility index (Phi) is 4.38. The largest absolute Gasteiger partial charge is 0.489 e. The van der Waals surface area contributed by atoms with Crippen molar-refractivity contribution in [1.29, 1.82) is 0 Å². The van der Waals surface area contributed by atoms with Crippen molar-refractivity contribution < 1.29 is 19.4 Å². The minimum Gasteiger partial charge on any atom is -0.489 e. The van der Waals surface area contributed by atoms with Gasteiger partial charge < -0.3 is 15.2 Å². The molecule has 6 atom stereocenters. The number of amides is 1. The fourth-order valence-corrected chi connectivity index (χ4v) is 5.17. The standard InChI is InChI=1S/C24H23NO4/c26-23(21-17-10-11-18(20-12-19(17)20)22(21)24(27)28)25-15-6-8-16(9-7-15)29-13-14-4-2-1-3-5-14/h1-11,17-22H,12-13H2,(H,25,26)(H,27,28)/t17-,18-,19-,20-,21-,22+/m0/s1. The molecule has 1 amide bonds. The van der Waals surface area contributed by atoms with E-state index in [-0.39, 0.29) is 17.7 Å².